The number of carbonyl (C=O) groups is 2. The van der Waals surface area contributed by atoms with Gasteiger partial charge in [0.15, 0.2) is 0 Å². The van der Waals surface area contributed by atoms with Crippen LogP contribution in [0, 0.1) is 0 Å². The van der Waals surface area contributed by atoms with Crippen LogP contribution in [0.4, 0.5) is 13.2 Å². The lowest BCUT2D eigenvalue weighted by Gasteiger charge is -2.10. The Bertz CT molecular complexity index is 983. The number of rotatable bonds is 4. The largest absolute Gasteiger partial charge is 0.405 e. The number of carbonyl (C=O) groups excluding carboxylic acids is 2. The van der Waals surface area contributed by atoms with Crippen molar-refractivity contribution in [3.63, 3.8) is 0 Å². The van der Waals surface area contributed by atoms with Gasteiger partial charge < -0.3 is 11.1 Å². The zero-order valence-corrected chi connectivity index (χ0v) is 13.1. The first-order valence-electron chi connectivity index (χ1n) is 7.34. The van der Waals surface area contributed by atoms with Gasteiger partial charge in [0.1, 0.15) is 6.54 Å². The van der Waals surface area contributed by atoms with Gasteiger partial charge in [-0.05, 0) is 24.3 Å². The molecule has 0 spiro atoms. The van der Waals surface area contributed by atoms with Gasteiger partial charge in [-0.25, -0.2) is 4.68 Å². The molecule has 2 amide bonds. The lowest BCUT2D eigenvalue weighted by atomic mass is 10.0. The van der Waals surface area contributed by atoms with Crippen LogP contribution in [0.2, 0.25) is 0 Å². The van der Waals surface area contributed by atoms with Crippen LogP contribution in [0.5, 0.6) is 0 Å². The van der Waals surface area contributed by atoms with E-state index in [9.17, 15) is 22.8 Å². The molecule has 0 fully saturated rings. The standard InChI is InChI=1S/C16H12F3N5O2/c17-16(18,19)8-22-15(26)10-3-4-12-11(13(10)14(20)25)7-24(23-12)9-2-1-5-21-6-9/h1-7H,8H2,(H2,20,25)(H,22,26). The third-order valence-corrected chi connectivity index (χ3v) is 3.54. The molecular formula is C16H12F3N5O2. The van der Waals surface area contributed by atoms with E-state index in [1.165, 1.54) is 29.2 Å². The molecule has 2 heterocycles. The molecular weight excluding hydrogens is 351 g/mol. The molecule has 134 valence electrons. The molecule has 0 bridgehead atoms. The maximum atomic E-state index is 12.3. The first kappa shape index (κ1) is 17.4. The molecule has 0 saturated carbocycles. The Labute approximate surface area is 144 Å². The van der Waals surface area contributed by atoms with E-state index in [2.05, 4.69) is 10.1 Å². The number of benzene rings is 1. The van der Waals surface area contributed by atoms with Crippen molar-refractivity contribution in [2.75, 3.05) is 6.54 Å². The molecule has 3 rings (SSSR count). The highest BCUT2D eigenvalue weighted by molar-refractivity contribution is 6.14. The van der Waals surface area contributed by atoms with E-state index in [4.69, 9.17) is 5.73 Å². The summed E-state index contributed by atoms with van der Waals surface area (Å²) in [6.07, 6.45) is 0.00222. The lowest BCUT2D eigenvalue weighted by Crippen LogP contribution is -2.34. The minimum atomic E-state index is -4.57. The maximum absolute atomic E-state index is 12.3. The average molecular weight is 363 g/mol. The van der Waals surface area contributed by atoms with Crippen molar-refractivity contribution in [3.8, 4) is 5.69 Å². The molecule has 3 N–H and O–H groups in total. The summed E-state index contributed by atoms with van der Waals surface area (Å²) >= 11 is 0. The quantitative estimate of drug-likeness (QED) is 0.738. The van der Waals surface area contributed by atoms with Crippen molar-refractivity contribution in [2.45, 2.75) is 6.18 Å². The number of halogens is 3. The maximum Gasteiger partial charge on any atom is 0.405 e. The monoisotopic (exact) mass is 363 g/mol. The summed E-state index contributed by atoms with van der Waals surface area (Å²) in [6, 6.07) is 6.05. The summed E-state index contributed by atoms with van der Waals surface area (Å²) < 4.78 is 38.4. The Hall–Kier alpha value is -3.43. The molecule has 2 aromatic heterocycles. The van der Waals surface area contributed by atoms with Crippen LogP contribution in [-0.2, 0) is 0 Å². The fourth-order valence-electron chi connectivity index (χ4n) is 2.45. The summed E-state index contributed by atoms with van der Waals surface area (Å²) in [6.45, 7) is -1.52. The van der Waals surface area contributed by atoms with Gasteiger partial charge >= 0.3 is 6.18 Å². The Morgan fingerprint density at radius 1 is 1.23 bits per heavy atom. The van der Waals surface area contributed by atoms with Crippen molar-refractivity contribution in [2.24, 2.45) is 5.73 Å². The summed E-state index contributed by atoms with van der Waals surface area (Å²) in [5.74, 6) is -1.99. The highest BCUT2D eigenvalue weighted by Gasteiger charge is 2.29. The van der Waals surface area contributed by atoms with Crippen LogP contribution in [0.1, 0.15) is 20.7 Å². The van der Waals surface area contributed by atoms with Gasteiger partial charge in [0.2, 0.25) is 5.91 Å². The fourth-order valence-corrected chi connectivity index (χ4v) is 2.45. The smallest absolute Gasteiger partial charge is 0.366 e. The molecule has 0 aliphatic rings. The van der Waals surface area contributed by atoms with Crippen LogP contribution < -0.4 is 11.1 Å². The van der Waals surface area contributed by atoms with Crippen LogP contribution in [0.15, 0.2) is 42.9 Å². The second-order valence-corrected chi connectivity index (χ2v) is 5.37. The molecule has 0 aliphatic carbocycles. The minimum absolute atomic E-state index is 0.197. The first-order chi connectivity index (χ1) is 12.3. The molecule has 0 aliphatic heterocycles. The third kappa shape index (κ3) is 3.48. The third-order valence-electron chi connectivity index (χ3n) is 3.54. The minimum Gasteiger partial charge on any atom is -0.366 e. The van der Waals surface area contributed by atoms with E-state index in [0.717, 1.165) is 0 Å². The number of nitrogens with one attached hydrogen (secondary N) is 1. The fraction of sp³-hybridized carbons (Fsp3) is 0.125. The number of alkyl halides is 3. The zero-order valence-electron chi connectivity index (χ0n) is 13.1. The predicted octanol–water partition coefficient (Wildman–Crippen LogP) is 1.81. The van der Waals surface area contributed by atoms with Crippen molar-refractivity contribution in [1.29, 1.82) is 0 Å². The molecule has 3 aromatic rings. The van der Waals surface area contributed by atoms with Crippen LogP contribution >= 0.6 is 0 Å². The molecule has 7 nitrogen and oxygen atoms in total. The highest BCUT2D eigenvalue weighted by Crippen LogP contribution is 2.23. The summed E-state index contributed by atoms with van der Waals surface area (Å²) in [7, 11) is 0. The number of nitrogens with zero attached hydrogens (tertiary/aromatic N) is 3. The Morgan fingerprint density at radius 2 is 2.00 bits per heavy atom. The molecule has 10 heteroatoms. The highest BCUT2D eigenvalue weighted by atomic mass is 19.4. The second-order valence-electron chi connectivity index (χ2n) is 5.37. The van der Waals surface area contributed by atoms with Gasteiger partial charge in [-0.1, -0.05) is 0 Å². The van der Waals surface area contributed by atoms with Crippen molar-refractivity contribution >= 4 is 22.7 Å². The van der Waals surface area contributed by atoms with Crippen molar-refractivity contribution in [3.05, 3.63) is 54.0 Å². The van der Waals surface area contributed by atoms with Gasteiger partial charge in [-0.3, -0.25) is 14.6 Å². The number of primary amides is 1. The Balaban J connectivity index is 2.07. The molecule has 0 saturated heterocycles. The summed E-state index contributed by atoms with van der Waals surface area (Å²) in [5, 5.41) is 6.25. The molecule has 0 radical (unpaired) electrons. The number of nitrogens with two attached hydrogens (primary N) is 1. The predicted molar refractivity (Wildman–Crippen MR) is 85.8 cm³/mol. The number of hydrogen-bond acceptors (Lipinski definition) is 4. The Morgan fingerprint density at radius 3 is 2.62 bits per heavy atom. The molecule has 1 aromatic carbocycles. The van der Waals surface area contributed by atoms with Gasteiger partial charge in [-0.15, -0.1) is 0 Å². The topological polar surface area (TPSA) is 103 Å². The zero-order chi connectivity index (χ0) is 18.9. The molecule has 0 atom stereocenters. The van der Waals surface area contributed by atoms with E-state index in [-0.39, 0.29) is 16.5 Å². The molecule has 26 heavy (non-hydrogen) atoms. The normalized spacial score (nSPS) is 11.5. The van der Waals surface area contributed by atoms with E-state index in [1.54, 1.807) is 23.6 Å². The van der Waals surface area contributed by atoms with Gasteiger partial charge in [-0.2, -0.15) is 18.3 Å². The van der Waals surface area contributed by atoms with Crippen molar-refractivity contribution < 1.29 is 22.8 Å². The second kappa shape index (κ2) is 6.47. The van der Waals surface area contributed by atoms with E-state index in [1.807, 2.05) is 0 Å². The van der Waals surface area contributed by atoms with E-state index >= 15 is 0 Å². The average Bonchev–Trinajstić information content (AvgIpc) is 3.02. The van der Waals surface area contributed by atoms with Crippen molar-refractivity contribution in [1.82, 2.24) is 20.1 Å². The number of aromatic nitrogens is 3. The molecule has 0 unspecified atom stereocenters. The van der Waals surface area contributed by atoms with Gasteiger partial charge in [0.05, 0.1) is 28.5 Å². The van der Waals surface area contributed by atoms with E-state index in [0.29, 0.717) is 11.2 Å². The van der Waals surface area contributed by atoms with Crippen LogP contribution in [0.3, 0.4) is 0 Å². The number of fused-ring (bicyclic) bond motifs is 1. The first-order valence-corrected chi connectivity index (χ1v) is 7.34. The summed E-state index contributed by atoms with van der Waals surface area (Å²) in [5.41, 5.74) is 5.87. The SMILES string of the molecule is NC(=O)c1c(C(=O)NCC(F)(F)F)ccc2nn(-c3cccnc3)cc12. The number of hydrogen-bond donors (Lipinski definition) is 2. The van der Waals surface area contributed by atoms with E-state index < -0.39 is 24.5 Å². The van der Waals surface area contributed by atoms with Gasteiger partial charge in [0.25, 0.3) is 5.91 Å². The number of pyridine rings is 1. The lowest BCUT2D eigenvalue weighted by molar-refractivity contribution is -0.123. The Kier molecular flexibility index (Phi) is 4.33. The number of amides is 2. The van der Waals surface area contributed by atoms with Gasteiger partial charge in [0, 0.05) is 17.8 Å². The van der Waals surface area contributed by atoms with Crippen LogP contribution in [-0.4, -0.2) is 39.3 Å². The summed E-state index contributed by atoms with van der Waals surface area (Å²) in [4.78, 5) is 27.9. The van der Waals surface area contributed by atoms with Crippen LogP contribution in [0.25, 0.3) is 16.6 Å².